The summed E-state index contributed by atoms with van der Waals surface area (Å²) in [6.07, 6.45) is 1.02. The number of nitrogens with one attached hydrogen (secondary N) is 1. The zero-order valence-electron chi connectivity index (χ0n) is 11.2. The highest BCUT2D eigenvalue weighted by atomic mass is 35.5. The molecule has 0 spiro atoms. The van der Waals surface area contributed by atoms with Gasteiger partial charge in [-0.1, -0.05) is 30.7 Å². The van der Waals surface area contributed by atoms with Gasteiger partial charge in [0.1, 0.15) is 0 Å². The number of carbonyl (C=O) groups excluding carboxylic acids is 1. The van der Waals surface area contributed by atoms with Crippen LogP contribution in [0.4, 0.5) is 0 Å². The molecule has 18 heavy (non-hydrogen) atoms. The number of carbonyl (C=O) groups is 1. The Bertz CT molecular complexity index is 378. The minimum Gasteiger partial charge on any atom is -0.340 e. The number of rotatable bonds is 6. The molecule has 1 rings (SSSR count). The fourth-order valence-corrected chi connectivity index (χ4v) is 1.62. The summed E-state index contributed by atoms with van der Waals surface area (Å²) in [6, 6.07) is 7.93. The van der Waals surface area contributed by atoms with Crippen molar-refractivity contribution in [2.75, 3.05) is 13.6 Å². The van der Waals surface area contributed by atoms with E-state index in [-0.39, 0.29) is 5.91 Å². The maximum Gasteiger partial charge on any atom is 0.236 e. The molecule has 0 saturated carbocycles. The molecule has 0 aliphatic heterocycles. The van der Waals surface area contributed by atoms with Crippen molar-refractivity contribution in [3.63, 3.8) is 0 Å². The first-order chi connectivity index (χ1) is 8.52. The van der Waals surface area contributed by atoms with Crippen LogP contribution in [0.5, 0.6) is 0 Å². The molecule has 3 nitrogen and oxygen atoms in total. The van der Waals surface area contributed by atoms with Crippen LogP contribution in [0.15, 0.2) is 24.3 Å². The van der Waals surface area contributed by atoms with Gasteiger partial charge in [-0.2, -0.15) is 0 Å². The second kappa shape index (κ2) is 7.39. The van der Waals surface area contributed by atoms with Crippen molar-refractivity contribution in [2.45, 2.75) is 32.9 Å². The van der Waals surface area contributed by atoms with Gasteiger partial charge >= 0.3 is 0 Å². The summed E-state index contributed by atoms with van der Waals surface area (Å²) in [6.45, 7) is 5.17. The molecule has 100 valence electrons. The van der Waals surface area contributed by atoms with E-state index < -0.39 is 0 Å². The molecule has 0 fully saturated rings. The third-order valence-electron chi connectivity index (χ3n) is 2.97. The van der Waals surface area contributed by atoms with Gasteiger partial charge in [0.25, 0.3) is 0 Å². The minimum absolute atomic E-state index is 0.102. The van der Waals surface area contributed by atoms with Gasteiger partial charge in [-0.05, 0) is 31.0 Å². The first-order valence-electron chi connectivity index (χ1n) is 6.24. The normalized spacial score (nSPS) is 12.2. The third kappa shape index (κ3) is 5.07. The molecule has 0 aromatic heterocycles. The van der Waals surface area contributed by atoms with E-state index >= 15 is 0 Å². The molecule has 0 radical (unpaired) electrons. The number of nitrogens with zero attached hydrogens (tertiary/aromatic N) is 1. The van der Waals surface area contributed by atoms with Gasteiger partial charge in [0.05, 0.1) is 6.54 Å². The summed E-state index contributed by atoms with van der Waals surface area (Å²) in [4.78, 5) is 13.6. The molecule has 1 unspecified atom stereocenters. The van der Waals surface area contributed by atoms with Crippen LogP contribution in [0.1, 0.15) is 25.8 Å². The van der Waals surface area contributed by atoms with Crippen LogP contribution in [0, 0.1) is 0 Å². The Kier molecular flexibility index (Phi) is 6.16. The molecule has 0 aliphatic rings. The van der Waals surface area contributed by atoms with Crippen molar-refractivity contribution in [2.24, 2.45) is 0 Å². The highest BCUT2D eigenvalue weighted by molar-refractivity contribution is 6.30. The summed E-state index contributed by atoms with van der Waals surface area (Å²) in [7, 11) is 1.81. The number of halogens is 1. The average Bonchev–Trinajstić information content (AvgIpc) is 2.38. The predicted molar refractivity (Wildman–Crippen MR) is 75.7 cm³/mol. The highest BCUT2D eigenvalue weighted by Crippen LogP contribution is 2.10. The predicted octanol–water partition coefficient (Wildman–Crippen LogP) is 2.69. The monoisotopic (exact) mass is 268 g/mol. The van der Waals surface area contributed by atoms with Crippen LogP contribution >= 0.6 is 11.6 Å². The van der Waals surface area contributed by atoms with E-state index in [1.165, 1.54) is 0 Å². The number of benzene rings is 1. The molecule has 4 heteroatoms. The van der Waals surface area contributed by atoms with Crippen molar-refractivity contribution in [1.29, 1.82) is 0 Å². The smallest absolute Gasteiger partial charge is 0.236 e. The first kappa shape index (κ1) is 15.0. The van der Waals surface area contributed by atoms with Crippen LogP contribution in [0.2, 0.25) is 5.02 Å². The molecule has 1 N–H and O–H groups in total. The van der Waals surface area contributed by atoms with Gasteiger partial charge in [0, 0.05) is 24.7 Å². The Morgan fingerprint density at radius 2 is 2.00 bits per heavy atom. The molecule has 0 aliphatic carbocycles. The van der Waals surface area contributed by atoms with Crippen LogP contribution in [0.3, 0.4) is 0 Å². The van der Waals surface area contributed by atoms with E-state index in [0.717, 1.165) is 12.0 Å². The Morgan fingerprint density at radius 3 is 2.56 bits per heavy atom. The second-order valence-electron chi connectivity index (χ2n) is 4.57. The fraction of sp³-hybridized carbons (Fsp3) is 0.500. The molecular weight excluding hydrogens is 248 g/mol. The number of likely N-dealkylation sites (N-methyl/N-ethyl adjacent to an activating group) is 1. The Hall–Kier alpha value is -1.06. The quantitative estimate of drug-likeness (QED) is 0.860. The van der Waals surface area contributed by atoms with Crippen LogP contribution in [-0.4, -0.2) is 30.4 Å². The van der Waals surface area contributed by atoms with E-state index in [0.29, 0.717) is 24.2 Å². The van der Waals surface area contributed by atoms with Crippen molar-refractivity contribution >= 4 is 17.5 Å². The Balaban J connectivity index is 2.42. The Labute approximate surface area is 114 Å². The molecule has 1 aromatic carbocycles. The third-order valence-corrected chi connectivity index (χ3v) is 3.22. The topological polar surface area (TPSA) is 32.3 Å². The fourth-order valence-electron chi connectivity index (χ4n) is 1.49. The van der Waals surface area contributed by atoms with Gasteiger partial charge < -0.3 is 10.2 Å². The maximum atomic E-state index is 11.9. The molecular formula is C14H21ClN2O. The number of amides is 1. The van der Waals surface area contributed by atoms with Gasteiger partial charge in [0.2, 0.25) is 5.91 Å². The number of hydrogen-bond donors (Lipinski definition) is 1. The minimum atomic E-state index is 0.102. The lowest BCUT2D eigenvalue weighted by molar-refractivity contribution is -0.129. The maximum absolute atomic E-state index is 11.9. The van der Waals surface area contributed by atoms with Gasteiger partial charge in [-0.15, -0.1) is 0 Å². The SMILES string of the molecule is CCC(C)NCC(=O)N(C)Cc1ccc(Cl)cc1. The standard InChI is InChI=1S/C14H21ClN2O/c1-4-11(2)16-9-14(18)17(3)10-12-5-7-13(15)8-6-12/h5-8,11,16H,4,9-10H2,1-3H3. The summed E-state index contributed by atoms with van der Waals surface area (Å²) in [5.41, 5.74) is 1.08. The van der Waals surface area contributed by atoms with E-state index in [4.69, 9.17) is 11.6 Å². The summed E-state index contributed by atoms with van der Waals surface area (Å²) in [5.74, 6) is 0.102. The van der Waals surface area contributed by atoms with Crippen molar-refractivity contribution < 1.29 is 4.79 Å². The summed E-state index contributed by atoms with van der Waals surface area (Å²) in [5, 5.41) is 3.91. The Morgan fingerprint density at radius 1 is 1.39 bits per heavy atom. The molecule has 0 bridgehead atoms. The lowest BCUT2D eigenvalue weighted by Crippen LogP contribution is -2.38. The van der Waals surface area contributed by atoms with Crippen LogP contribution in [0.25, 0.3) is 0 Å². The largest absolute Gasteiger partial charge is 0.340 e. The molecule has 1 amide bonds. The van der Waals surface area contributed by atoms with Crippen LogP contribution in [-0.2, 0) is 11.3 Å². The lowest BCUT2D eigenvalue weighted by Gasteiger charge is -2.19. The van der Waals surface area contributed by atoms with Crippen molar-refractivity contribution in [1.82, 2.24) is 10.2 Å². The van der Waals surface area contributed by atoms with Crippen LogP contribution < -0.4 is 5.32 Å². The summed E-state index contributed by atoms with van der Waals surface area (Å²) < 4.78 is 0. The van der Waals surface area contributed by atoms with E-state index in [1.807, 2.05) is 31.3 Å². The average molecular weight is 269 g/mol. The molecule has 1 atom stereocenters. The summed E-state index contributed by atoms with van der Waals surface area (Å²) >= 11 is 5.82. The van der Waals surface area contributed by atoms with Crippen molar-refractivity contribution in [3.8, 4) is 0 Å². The van der Waals surface area contributed by atoms with Crippen molar-refractivity contribution in [3.05, 3.63) is 34.9 Å². The van der Waals surface area contributed by atoms with E-state index in [9.17, 15) is 4.79 Å². The highest BCUT2D eigenvalue weighted by Gasteiger charge is 2.10. The molecule has 1 aromatic rings. The zero-order chi connectivity index (χ0) is 13.5. The first-order valence-corrected chi connectivity index (χ1v) is 6.62. The zero-order valence-corrected chi connectivity index (χ0v) is 12.0. The lowest BCUT2D eigenvalue weighted by atomic mass is 10.2. The molecule has 0 saturated heterocycles. The van der Waals surface area contributed by atoms with Gasteiger partial charge in [-0.3, -0.25) is 4.79 Å². The van der Waals surface area contributed by atoms with E-state index in [1.54, 1.807) is 4.90 Å². The van der Waals surface area contributed by atoms with Gasteiger partial charge in [0.15, 0.2) is 0 Å². The van der Waals surface area contributed by atoms with E-state index in [2.05, 4.69) is 19.2 Å². The number of hydrogen-bond acceptors (Lipinski definition) is 2. The second-order valence-corrected chi connectivity index (χ2v) is 5.00. The van der Waals surface area contributed by atoms with Gasteiger partial charge in [-0.25, -0.2) is 0 Å². The molecule has 0 heterocycles.